The first kappa shape index (κ1) is 18.1. The average molecular weight is 393 g/mol. The van der Waals surface area contributed by atoms with Gasteiger partial charge in [-0.05, 0) is 24.6 Å². The minimum atomic E-state index is -0.147. The standard InChI is InChI=1S/C21H17ClN4O2/c1-13-19-16(21(27)26(2)12-14-8-9-18(22)23-11-14)10-17(24-20(19)28-25-13)15-6-4-3-5-7-15/h3-11H,12H2,1-2H3. The minimum Gasteiger partial charge on any atom is -0.337 e. The Morgan fingerprint density at radius 3 is 2.68 bits per heavy atom. The Labute approximate surface area is 166 Å². The maximum absolute atomic E-state index is 13.2. The number of nitrogens with zero attached hydrogens (tertiary/aromatic N) is 4. The molecule has 0 atom stereocenters. The summed E-state index contributed by atoms with van der Waals surface area (Å²) in [6.45, 7) is 2.20. The van der Waals surface area contributed by atoms with Gasteiger partial charge in [-0.1, -0.05) is 53.2 Å². The topological polar surface area (TPSA) is 72.1 Å². The van der Waals surface area contributed by atoms with Crippen LogP contribution in [0.2, 0.25) is 5.15 Å². The van der Waals surface area contributed by atoms with Crippen molar-refractivity contribution in [1.82, 2.24) is 20.0 Å². The molecule has 1 aromatic carbocycles. The van der Waals surface area contributed by atoms with Crippen molar-refractivity contribution in [3.63, 3.8) is 0 Å². The van der Waals surface area contributed by atoms with E-state index in [4.69, 9.17) is 16.1 Å². The molecule has 4 rings (SSSR count). The van der Waals surface area contributed by atoms with Crippen molar-refractivity contribution in [3.05, 3.63) is 76.7 Å². The molecule has 0 saturated heterocycles. The highest BCUT2D eigenvalue weighted by Crippen LogP contribution is 2.28. The van der Waals surface area contributed by atoms with Crippen LogP contribution in [0.3, 0.4) is 0 Å². The summed E-state index contributed by atoms with van der Waals surface area (Å²) in [5.74, 6) is -0.147. The number of pyridine rings is 2. The molecule has 0 aliphatic carbocycles. The second-order valence-corrected chi connectivity index (χ2v) is 6.91. The lowest BCUT2D eigenvalue weighted by molar-refractivity contribution is 0.0787. The van der Waals surface area contributed by atoms with Crippen molar-refractivity contribution in [1.29, 1.82) is 0 Å². The van der Waals surface area contributed by atoms with E-state index in [0.717, 1.165) is 11.1 Å². The Kier molecular flexibility index (Phi) is 4.79. The Morgan fingerprint density at radius 2 is 1.96 bits per heavy atom. The second-order valence-electron chi connectivity index (χ2n) is 6.52. The predicted molar refractivity (Wildman–Crippen MR) is 107 cm³/mol. The lowest BCUT2D eigenvalue weighted by atomic mass is 10.0. The fourth-order valence-corrected chi connectivity index (χ4v) is 3.18. The Bertz CT molecular complexity index is 1140. The number of aromatic nitrogens is 3. The molecule has 0 spiro atoms. The number of carbonyl (C=O) groups excluding carboxylic acids is 1. The number of benzene rings is 1. The summed E-state index contributed by atoms with van der Waals surface area (Å²) in [4.78, 5) is 23.5. The largest absolute Gasteiger partial charge is 0.337 e. The van der Waals surface area contributed by atoms with Crippen molar-refractivity contribution in [2.24, 2.45) is 0 Å². The van der Waals surface area contributed by atoms with Crippen LogP contribution in [0.5, 0.6) is 0 Å². The van der Waals surface area contributed by atoms with Gasteiger partial charge in [0.1, 0.15) is 5.15 Å². The van der Waals surface area contributed by atoms with E-state index in [1.165, 1.54) is 0 Å². The van der Waals surface area contributed by atoms with Crippen molar-refractivity contribution in [3.8, 4) is 11.3 Å². The van der Waals surface area contributed by atoms with Gasteiger partial charge in [0.25, 0.3) is 11.6 Å². The third-order valence-electron chi connectivity index (χ3n) is 4.47. The molecule has 0 aliphatic heterocycles. The number of hydrogen-bond donors (Lipinski definition) is 0. The van der Waals surface area contributed by atoms with Gasteiger partial charge in [0.15, 0.2) is 0 Å². The van der Waals surface area contributed by atoms with E-state index < -0.39 is 0 Å². The van der Waals surface area contributed by atoms with E-state index in [1.54, 1.807) is 37.2 Å². The zero-order chi connectivity index (χ0) is 19.7. The molecule has 0 radical (unpaired) electrons. The van der Waals surface area contributed by atoms with Crippen LogP contribution >= 0.6 is 11.6 Å². The van der Waals surface area contributed by atoms with Crippen molar-refractivity contribution >= 4 is 28.6 Å². The highest BCUT2D eigenvalue weighted by Gasteiger charge is 2.22. The van der Waals surface area contributed by atoms with Crippen molar-refractivity contribution < 1.29 is 9.32 Å². The van der Waals surface area contributed by atoms with Crippen LogP contribution in [0, 0.1) is 6.92 Å². The van der Waals surface area contributed by atoms with Crippen LogP contribution in [-0.2, 0) is 6.54 Å². The van der Waals surface area contributed by atoms with Gasteiger partial charge in [0, 0.05) is 25.4 Å². The average Bonchev–Trinajstić information content (AvgIpc) is 3.10. The van der Waals surface area contributed by atoms with Crippen LogP contribution in [-0.4, -0.2) is 33.0 Å². The fourth-order valence-electron chi connectivity index (χ4n) is 3.07. The van der Waals surface area contributed by atoms with Gasteiger partial charge in [-0.25, -0.2) is 9.97 Å². The molecule has 0 fully saturated rings. The monoisotopic (exact) mass is 392 g/mol. The van der Waals surface area contributed by atoms with E-state index in [-0.39, 0.29) is 5.91 Å². The molecule has 0 unspecified atom stereocenters. The molecule has 6 nitrogen and oxygen atoms in total. The van der Waals surface area contributed by atoms with Gasteiger partial charge in [0.2, 0.25) is 0 Å². The minimum absolute atomic E-state index is 0.147. The number of fused-ring (bicyclic) bond motifs is 1. The summed E-state index contributed by atoms with van der Waals surface area (Å²) in [5, 5.41) is 5.04. The first-order valence-corrected chi connectivity index (χ1v) is 9.09. The van der Waals surface area contributed by atoms with E-state index in [2.05, 4.69) is 15.1 Å². The van der Waals surface area contributed by atoms with Crippen LogP contribution in [0.4, 0.5) is 0 Å². The molecule has 28 heavy (non-hydrogen) atoms. The molecule has 0 saturated carbocycles. The highest BCUT2D eigenvalue weighted by atomic mass is 35.5. The Hall–Kier alpha value is -3.25. The van der Waals surface area contributed by atoms with Crippen molar-refractivity contribution in [2.45, 2.75) is 13.5 Å². The smallest absolute Gasteiger partial charge is 0.259 e. The van der Waals surface area contributed by atoms with Gasteiger partial charge in [-0.15, -0.1) is 0 Å². The van der Waals surface area contributed by atoms with E-state index in [9.17, 15) is 4.79 Å². The van der Waals surface area contributed by atoms with Gasteiger partial charge in [0.05, 0.1) is 22.3 Å². The normalized spacial score (nSPS) is 11.0. The van der Waals surface area contributed by atoms with Gasteiger partial charge >= 0.3 is 0 Å². The molecule has 7 heteroatoms. The first-order valence-electron chi connectivity index (χ1n) is 8.71. The third kappa shape index (κ3) is 3.46. The second kappa shape index (κ2) is 7.40. The summed E-state index contributed by atoms with van der Waals surface area (Å²) in [5.41, 5.74) is 3.94. The van der Waals surface area contributed by atoms with Crippen LogP contribution in [0.25, 0.3) is 22.4 Å². The first-order chi connectivity index (χ1) is 13.5. The van der Waals surface area contributed by atoms with Crippen LogP contribution in [0.1, 0.15) is 21.6 Å². The molecule has 140 valence electrons. The molecule has 0 bridgehead atoms. The number of amides is 1. The SMILES string of the molecule is Cc1noc2nc(-c3ccccc3)cc(C(=O)N(C)Cc3ccc(Cl)nc3)c12. The van der Waals surface area contributed by atoms with E-state index >= 15 is 0 Å². The lowest BCUT2D eigenvalue weighted by Gasteiger charge is -2.18. The summed E-state index contributed by atoms with van der Waals surface area (Å²) in [7, 11) is 1.74. The Balaban J connectivity index is 1.74. The highest BCUT2D eigenvalue weighted by molar-refractivity contribution is 6.29. The summed E-state index contributed by atoms with van der Waals surface area (Å²) < 4.78 is 5.36. The van der Waals surface area contributed by atoms with E-state index in [1.807, 2.05) is 36.4 Å². The third-order valence-corrected chi connectivity index (χ3v) is 4.70. The molecule has 3 aromatic heterocycles. The quantitative estimate of drug-likeness (QED) is 0.477. The van der Waals surface area contributed by atoms with Gasteiger partial charge < -0.3 is 9.42 Å². The van der Waals surface area contributed by atoms with Crippen LogP contribution < -0.4 is 0 Å². The Morgan fingerprint density at radius 1 is 1.18 bits per heavy atom. The number of halogens is 1. The number of aryl methyl sites for hydroxylation is 1. The van der Waals surface area contributed by atoms with Gasteiger partial charge in [-0.3, -0.25) is 4.79 Å². The number of rotatable bonds is 4. The molecular formula is C21H17ClN4O2. The fraction of sp³-hybridized carbons (Fsp3) is 0.143. The molecule has 4 aromatic rings. The van der Waals surface area contributed by atoms with Crippen LogP contribution in [0.15, 0.2) is 59.3 Å². The summed E-state index contributed by atoms with van der Waals surface area (Å²) in [6, 6.07) is 15.0. The van der Waals surface area contributed by atoms with Gasteiger partial charge in [-0.2, -0.15) is 0 Å². The lowest BCUT2D eigenvalue weighted by Crippen LogP contribution is -2.26. The zero-order valence-electron chi connectivity index (χ0n) is 15.4. The summed E-state index contributed by atoms with van der Waals surface area (Å²) in [6.07, 6.45) is 1.66. The molecule has 0 aliphatic rings. The van der Waals surface area contributed by atoms with Crippen molar-refractivity contribution in [2.75, 3.05) is 7.05 Å². The maximum atomic E-state index is 13.2. The summed E-state index contributed by atoms with van der Waals surface area (Å²) >= 11 is 5.84. The molecule has 1 amide bonds. The number of carbonyl (C=O) groups is 1. The molecule has 0 N–H and O–H groups in total. The van der Waals surface area contributed by atoms with E-state index in [0.29, 0.717) is 39.7 Å². The predicted octanol–water partition coefficient (Wildman–Crippen LogP) is 4.52. The zero-order valence-corrected chi connectivity index (χ0v) is 16.1. The number of hydrogen-bond acceptors (Lipinski definition) is 5. The maximum Gasteiger partial charge on any atom is 0.259 e. The molecule has 3 heterocycles. The molecular weight excluding hydrogens is 376 g/mol.